The molecule has 2 aromatic carbocycles. The highest BCUT2D eigenvalue weighted by atomic mass is 35.5. The molecule has 27 heavy (non-hydrogen) atoms. The number of aromatic nitrogens is 2. The van der Waals surface area contributed by atoms with Gasteiger partial charge in [0.25, 0.3) is 5.91 Å². The number of halogens is 2. The first-order valence-corrected chi connectivity index (χ1v) is 8.79. The number of hydrogen-bond acceptors (Lipinski definition) is 4. The molecule has 8 heteroatoms. The number of aromatic hydroxyl groups is 1. The molecule has 0 aliphatic rings. The second kappa shape index (κ2) is 8.24. The average molecular weight is 403 g/mol. The Morgan fingerprint density at radius 2 is 1.85 bits per heavy atom. The van der Waals surface area contributed by atoms with E-state index in [1.807, 2.05) is 31.2 Å². The van der Waals surface area contributed by atoms with Gasteiger partial charge in [0, 0.05) is 10.6 Å². The monoisotopic (exact) mass is 402 g/mol. The lowest BCUT2D eigenvalue weighted by molar-refractivity contribution is 0.0955. The van der Waals surface area contributed by atoms with E-state index in [1.165, 1.54) is 30.5 Å². The van der Waals surface area contributed by atoms with Crippen LogP contribution in [-0.2, 0) is 6.54 Å². The third-order valence-corrected chi connectivity index (χ3v) is 4.49. The molecule has 0 aliphatic heterocycles. The molecule has 0 saturated carbocycles. The van der Waals surface area contributed by atoms with Crippen LogP contribution in [0.5, 0.6) is 5.75 Å². The molecule has 1 aromatic heterocycles. The summed E-state index contributed by atoms with van der Waals surface area (Å²) in [5, 5.41) is 18.7. The third-order valence-electron chi connectivity index (χ3n) is 3.84. The maximum absolute atomic E-state index is 12.0. The van der Waals surface area contributed by atoms with Gasteiger partial charge >= 0.3 is 0 Å². The van der Waals surface area contributed by atoms with Crippen molar-refractivity contribution in [3.8, 4) is 5.75 Å². The maximum atomic E-state index is 12.0. The maximum Gasteiger partial charge on any atom is 0.271 e. The molecule has 3 rings (SSSR count). The minimum Gasteiger partial charge on any atom is -0.508 e. The zero-order valence-electron chi connectivity index (χ0n) is 14.4. The van der Waals surface area contributed by atoms with Crippen LogP contribution in [0.2, 0.25) is 10.2 Å². The quantitative estimate of drug-likeness (QED) is 0.499. The lowest BCUT2D eigenvalue weighted by Gasteiger charge is -2.03. The first-order chi connectivity index (χ1) is 12.9. The summed E-state index contributed by atoms with van der Waals surface area (Å²) in [6.45, 7) is 2.30. The Morgan fingerprint density at radius 3 is 2.52 bits per heavy atom. The molecule has 0 aliphatic carbocycles. The lowest BCUT2D eigenvalue weighted by atomic mass is 10.2. The van der Waals surface area contributed by atoms with Crippen molar-refractivity contribution in [2.75, 3.05) is 0 Å². The van der Waals surface area contributed by atoms with Crippen LogP contribution in [-0.4, -0.2) is 27.0 Å². The zero-order chi connectivity index (χ0) is 19.4. The molecule has 0 fully saturated rings. The number of rotatable bonds is 5. The lowest BCUT2D eigenvalue weighted by Crippen LogP contribution is -2.17. The smallest absolute Gasteiger partial charge is 0.271 e. The van der Waals surface area contributed by atoms with E-state index in [1.54, 1.807) is 4.68 Å². The predicted octanol–water partition coefficient (Wildman–Crippen LogP) is 4.02. The first kappa shape index (κ1) is 18.9. The largest absolute Gasteiger partial charge is 0.508 e. The number of amides is 1. The normalized spacial score (nSPS) is 11.1. The topological polar surface area (TPSA) is 79.5 Å². The van der Waals surface area contributed by atoms with E-state index in [9.17, 15) is 9.90 Å². The number of carbonyl (C=O) groups is 1. The van der Waals surface area contributed by atoms with Crippen LogP contribution in [0, 0.1) is 6.92 Å². The molecule has 1 heterocycles. The summed E-state index contributed by atoms with van der Waals surface area (Å²) in [4.78, 5) is 12.0. The van der Waals surface area contributed by atoms with Gasteiger partial charge in [0.05, 0.1) is 24.0 Å². The van der Waals surface area contributed by atoms with E-state index in [2.05, 4.69) is 15.6 Å². The van der Waals surface area contributed by atoms with Crippen molar-refractivity contribution in [3.05, 3.63) is 81.1 Å². The Labute approximate surface area is 166 Å². The first-order valence-electron chi connectivity index (χ1n) is 8.04. The van der Waals surface area contributed by atoms with Crippen molar-refractivity contribution in [2.24, 2.45) is 5.10 Å². The Kier molecular flexibility index (Phi) is 5.78. The van der Waals surface area contributed by atoms with Crippen molar-refractivity contribution in [1.29, 1.82) is 0 Å². The number of benzene rings is 2. The third kappa shape index (κ3) is 4.67. The molecule has 0 bridgehead atoms. The van der Waals surface area contributed by atoms with Gasteiger partial charge in [0.1, 0.15) is 10.9 Å². The fourth-order valence-corrected chi connectivity index (χ4v) is 2.82. The molecular weight excluding hydrogens is 387 g/mol. The number of nitrogens with zero attached hydrogens (tertiary/aromatic N) is 3. The highest BCUT2D eigenvalue weighted by Crippen LogP contribution is 2.20. The SMILES string of the molecule is Cc1nn(Cc2ccc(Cl)cc2)c(Cl)c1/C=N/NC(=O)c1ccc(O)cc1. The molecule has 0 radical (unpaired) electrons. The average Bonchev–Trinajstić information content (AvgIpc) is 2.91. The van der Waals surface area contributed by atoms with Gasteiger partial charge in [-0.2, -0.15) is 10.2 Å². The van der Waals surface area contributed by atoms with Gasteiger partial charge in [-0.05, 0) is 48.9 Å². The summed E-state index contributed by atoms with van der Waals surface area (Å²) in [6.07, 6.45) is 1.46. The molecule has 138 valence electrons. The molecule has 1 amide bonds. The van der Waals surface area contributed by atoms with Crippen molar-refractivity contribution in [2.45, 2.75) is 13.5 Å². The summed E-state index contributed by atoms with van der Waals surface area (Å²) < 4.78 is 1.66. The second-order valence-corrected chi connectivity index (χ2v) is 6.61. The standard InChI is InChI=1S/C19H16Cl2N4O2/c1-12-17(10-22-23-19(27)14-4-8-16(26)9-5-14)18(21)25(24-12)11-13-2-6-15(20)7-3-13/h2-10,26H,11H2,1H3,(H,23,27)/b22-10+. The van der Waals surface area contributed by atoms with Gasteiger partial charge in [-0.1, -0.05) is 35.3 Å². The highest BCUT2D eigenvalue weighted by Gasteiger charge is 2.12. The van der Waals surface area contributed by atoms with E-state index in [0.29, 0.717) is 33.5 Å². The van der Waals surface area contributed by atoms with Crippen LogP contribution in [0.1, 0.15) is 27.2 Å². The van der Waals surface area contributed by atoms with E-state index >= 15 is 0 Å². The Bertz CT molecular complexity index is 980. The molecule has 3 aromatic rings. The fraction of sp³-hybridized carbons (Fsp3) is 0.105. The van der Waals surface area contributed by atoms with Crippen molar-refractivity contribution < 1.29 is 9.90 Å². The summed E-state index contributed by atoms with van der Waals surface area (Å²) in [6, 6.07) is 13.3. The fourth-order valence-electron chi connectivity index (χ4n) is 2.41. The van der Waals surface area contributed by atoms with E-state index in [4.69, 9.17) is 23.2 Å². The van der Waals surface area contributed by atoms with Crippen LogP contribution < -0.4 is 5.43 Å². The summed E-state index contributed by atoms with van der Waals surface area (Å²) in [5.74, 6) is -0.306. The number of hydrazone groups is 1. The van der Waals surface area contributed by atoms with Crippen LogP contribution in [0.15, 0.2) is 53.6 Å². The minimum atomic E-state index is -0.395. The van der Waals surface area contributed by atoms with Crippen molar-refractivity contribution in [1.82, 2.24) is 15.2 Å². The minimum absolute atomic E-state index is 0.0885. The van der Waals surface area contributed by atoms with E-state index in [-0.39, 0.29) is 5.75 Å². The number of aryl methyl sites for hydroxylation is 1. The van der Waals surface area contributed by atoms with Crippen LogP contribution >= 0.6 is 23.2 Å². The number of carbonyl (C=O) groups excluding carboxylic acids is 1. The van der Waals surface area contributed by atoms with Crippen molar-refractivity contribution in [3.63, 3.8) is 0 Å². The van der Waals surface area contributed by atoms with E-state index < -0.39 is 5.91 Å². The Morgan fingerprint density at radius 1 is 1.19 bits per heavy atom. The Balaban J connectivity index is 1.70. The molecular formula is C19H16Cl2N4O2. The van der Waals surface area contributed by atoms with Gasteiger partial charge in [0.15, 0.2) is 0 Å². The highest BCUT2D eigenvalue weighted by molar-refractivity contribution is 6.32. The number of nitrogens with one attached hydrogen (secondary N) is 1. The van der Waals surface area contributed by atoms with Gasteiger partial charge in [-0.25, -0.2) is 10.1 Å². The van der Waals surface area contributed by atoms with Crippen LogP contribution in [0.4, 0.5) is 0 Å². The van der Waals surface area contributed by atoms with Gasteiger partial charge in [-0.15, -0.1) is 0 Å². The number of phenolic OH excluding ortho intramolecular Hbond substituents is 1. The zero-order valence-corrected chi connectivity index (χ0v) is 15.9. The molecule has 6 nitrogen and oxygen atoms in total. The number of hydrogen-bond donors (Lipinski definition) is 2. The van der Waals surface area contributed by atoms with Crippen LogP contribution in [0.25, 0.3) is 0 Å². The van der Waals surface area contributed by atoms with E-state index in [0.717, 1.165) is 5.56 Å². The second-order valence-electron chi connectivity index (χ2n) is 5.82. The van der Waals surface area contributed by atoms with Gasteiger partial charge in [0.2, 0.25) is 0 Å². The number of phenols is 1. The van der Waals surface area contributed by atoms with Gasteiger partial charge < -0.3 is 5.11 Å². The Hall–Kier alpha value is -2.83. The molecule has 0 saturated heterocycles. The molecule has 0 unspecified atom stereocenters. The summed E-state index contributed by atoms with van der Waals surface area (Å²) >= 11 is 12.3. The van der Waals surface area contributed by atoms with Crippen LogP contribution in [0.3, 0.4) is 0 Å². The predicted molar refractivity (Wildman–Crippen MR) is 106 cm³/mol. The molecule has 0 atom stereocenters. The summed E-state index contributed by atoms with van der Waals surface area (Å²) in [5.41, 5.74) is 5.13. The molecule has 0 spiro atoms. The summed E-state index contributed by atoms with van der Waals surface area (Å²) in [7, 11) is 0. The van der Waals surface area contributed by atoms with Crippen molar-refractivity contribution >= 4 is 35.3 Å². The molecule has 2 N–H and O–H groups in total. The van der Waals surface area contributed by atoms with Gasteiger partial charge in [-0.3, -0.25) is 4.79 Å².